The van der Waals surface area contributed by atoms with Crippen molar-refractivity contribution in [1.82, 2.24) is 19.2 Å². The number of halogens is 1. The van der Waals surface area contributed by atoms with Crippen molar-refractivity contribution in [3.05, 3.63) is 71.6 Å². The van der Waals surface area contributed by atoms with E-state index in [1.54, 1.807) is 11.8 Å². The van der Waals surface area contributed by atoms with E-state index in [0.29, 0.717) is 44.7 Å². The van der Waals surface area contributed by atoms with E-state index in [9.17, 15) is 27.2 Å². The first-order valence-corrected chi connectivity index (χ1v) is 21.4. The molecule has 0 bridgehead atoms. The fraction of sp³-hybridized carbons (Fsp3) is 0.581. The average Bonchev–Trinajstić information content (AvgIpc) is 3.94. The normalized spacial score (nSPS) is 27.8. The SMILES string of the molecule is Cc1cc(F)cc(C[C@H]2CCCCC/C=C\[C@H]3C[C@@]3(C(=O)NS(=O)(=O)C3(C)CC3)CC(=O)[C@@H]3C[C@@H](Oc4nc5ccccc5n4CC(C)(C)C)CN3C2=O)c1. The van der Waals surface area contributed by atoms with Gasteiger partial charge in [-0.05, 0) is 106 Å². The first kappa shape index (κ1) is 39.2. The Hall–Kier alpha value is -4.06. The zero-order valence-electron chi connectivity index (χ0n) is 32.8. The number of carbonyl (C=O) groups excluding carboxylic acids is 3. The summed E-state index contributed by atoms with van der Waals surface area (Å²) < 4.78 is 51.1. The number of nitrogens with one attached hydrogen (secondary N) is 1. The number of nitrogens with zero attached hydrogens (tertiary/aromatic N) is 3. The molecule has 0 spiro atoms. The highest BCUT2D eigenvalue weighted by Gasteiger charge is 2.62. The molecule has 296 valence electrons. The number of Topliss-reactive ketones (excluding diaryl/α,β-unsaturated/α-hetero) is 1. The second kappa shape index (κ2) is 14.8. The van der Waals surface area contributed by atoms with E-state index in [0.717, 1.165) is 47.8 Å². The number of fused-ring (bicyclic) bond motifs is 3. The van der Waals surface area contributed by atoms with Crippen molar-refractivity contribution in [2.24, 2.45) is 22.7 Å². The highest BCUT2D eigenvalue weighted by Crippen LogP contribution is 2.57. The number of hydrogen-bond acceptors (Lipinski definition) is 7. The molecule has 3 heterocycles. The molecular weight excluding hydrogens is 720 g/mol. The van der Waals surface area contributed by atoms with Crippen LogP contribution in [0, 0.1) is 35.4 Å². The van der Waals surface area contributed by atoms with Crippen LogP contribution >= 0.6 is 0 Å². The lowest BCUT2D eigenvalue weighted by atomic mass is 9.89. The maximum atomic E-state index is 14.8. The molecule has 1 aromatic heterocycles. The molecule has 2 aliphatic carbocycles. The van der Waals surface area contributed by atoms with Crippen LogP contribution in [0.15, 0.2) is 54.6 Å². The summed E-state index contributed by atoms with van der Waals surface area (Å²) in [5.74, 6) is -2.28. The number of aromatic nitrogens is 2. The largest absolute Gasteiger partial charge is 0.459 e. The van der Waals surface area contributed by atoms with E-state index in [1.807, 2.05) is 54.0 Å². The van der Waals surface area contributed by atoms with Crippen LogP contribution in [0.1, 0.15) is 103 Å². The zero-order chi connectivity index (χ0) is 39.3. The average molecular weight is 775 g/mol. The number of amides is 2. The highest BCUT2D eigenvalue weighted by molar-refractivity contribution is 7.91. The van der Waals surface area contributed by atoms with Gasteiger partial charge >= 0.3 is 0 Å². The molecule has 2 saturated carbocycles. The number of ether oxygens (including phenoxy) is 1. The van der Waals surface area contributed by atoms with E-state index in [2.05, 4.69) is 25.5 Å². The summed E-state index contributed by atoms with van der Waals surface area (Å²) >= 11 is 0. The Morgan fingerprint density at radius 2 is 1.85 bits per heavy atom. The molecule has 5 atom stereocenters. The van der Waals surface area contributed by atoms with Gasteiger partial charge in [0.25, 0.3) is 6.01 Å². The van der Waals surface area contributed by atoms with Crippen molar-refractivity contribution in [2.45, 2.75) is 129 Å². The van der Waals surface area contributed by atoms with E-state index in [1.165, 1.54) is 12.1 Å². The summed E-state index contributed by atoms with van der Waals surface area (Å²) in [6, 6.07) is 12.2. The minimum absolute atomic E-state index is 0.0998. The number of carbonyl (C=O) groups is 3. The summed E-state index contributed by atoms with van der Waals surface area (Å²) in [5, 5.41) is 0. The van der Waals surface area contributed by atoms with Gasteiger partial charge in [0.2, 0.25) is 21.8 Å². The molecule has 1 N–H and O–H groups in total. The van der Waals surface area contributed by atoms with Gasteiger partial charge in [-0.2, -0.15) is 4.98 Å². The van der Waals surface area contributed by atoms with Gasteiger partial charge in [0, 0.05) is 25.3 Å². The lowest BCUT2D eigenvalue weighted by Crippen LogP contribution is -2.47. The Morgan fingerprint density at radius 1 is 1.09 bits per heavy atom. The predicted octanol–water partition coefficient (Wildman–Crippen LogP) is 7.22. The number of benzene rings is 2. The van der Waals surface area contributed by atoms with Crippen LogP contribution in [0.3, 0.4) is 0 Å². The van der Waals surface area contributed by atoms with Gasteiger partial charge in [-0.15, -0.1) is 0 Å². The minimum Gasteiger partial charge on any atom is -0.459 e. The van der Waals surface area contributed by atoms with Crippen LogP contribution in [-0.4, -0.2) is 63.9 Å². The van der Waals surface area contributed by atoms with Gasteiger partial charge in [0.05, 0.1) is 33.8 Å². The molecule has 12 heteroatoms. The van der Waals surface area contributed by atoms with Crippen LogP contribution in [0.5, 0.6) is 6.01 Å². The molecule has 10 nitrogen and oxygen atoms in total. The van der Waals surface area contributed by atoms with Crippen molar-refractivity contribution < 1.29 is 31.9 Å². The maximum absolute atomic E-state index is 14.8. The molecule has 7 rings (SSSR count). The molecule has 2 aliphatic heterocycles. The first-order valence-electron chi connectivity index (χ1n) is 19.9. The van der Waals surface area contributed by atoms with E-state index in [4.69, 9.17) is 9.72 Å². The third-order valence-corrected chi connectivity index (χ3v) is 14.2. The van der Waals surface area contributed by atoms with Crippen LogP contribution in [0.25, 0.3) is 11.0 Å². The van der Waals surface area contributed by atoms with E-state index in [-0.39, 0.29) is 48.2 Å². The molecule has 3 fully saturated rings. The second-order valence-corrected chi connectivity index (χ2v) is 20.3. The molecule has 3 aromatic rings. The quantitative estimate of drug-likeness (QED) is 0.240. The van der Waals surface area contributed by atoms with E-state index < -0.39 is 44.2 Å². The third-order valence-electron chi connectivity index (χ3n) is 12.1. The molecule has 1 saturated heterocycles. The van der Waals surface area contributed by atoms with Crippen molar-refractivity contribution in [1.29, 1.82) is 0 Å². The lowest BCUT2D eigenvalue weighted by Gasteiger charge is -2.29. The predicted molar refractivity (Wildman–Crippen MR) is 209 cm³/mol. The smallest absolute Gasteiger partial charge is 0.297 e. The Morgan fingerprint density at radius 3 is 2.58 bits per heavy atom. The first-order chi connectivity index (χ1) is 26.0. The van der Waals surface area contributed by atoms with Crippen LogP contribution in [0.4, 0.5) is 4.39 Å². The Balaban J connectivity index is 1.22. The van der Waals surface area contributed by atoms with Crippen LogP contribution in [-0.2, 0) is 37.4 Å². The Kier molecular flexibility index (Phi) is 10.5. The summed E-state index contributed by atoms with van der Waals surface area (Å²) in [4.78, 5) is 49.9. The Bertz CT molecular complexity index is 2100. The third kappa shape index (κ3) is 8.39. The van der Waals surface area contributed by atoms with E-state index >= 15 is 0 Å². The molecule has 2 amide bonds. The molecular formula is C43H55FN4O6S. The number of sulfonamides is 1. The van der Waals surface area contributed by atoms with Gasteiger partial charge in [-0.3, -0.25) is 23.7 Å². The zero-order valence-corrected chi connectivity index (χ0v) is 33.6. The van der Waals surface area contributed by atoms with Crippen molar-refractivity contribution in [2.75, 3.05) is 6.54 Å². The second-order valence-electron chi connectivity index (χ2n) is 18.1. The number of allylic oxidation sites excluding steroid dienone is 2. The maximum Gasteiger partial charge on any atom is 0.297 e. The molecule has 2 aromatic carbocycles. The minimum atomic E-state index is -3.93. The molecule has 0 radical (unpaired) electrons. The summed E-state index contributed by atoms with van der Waals surface area (Å²) in [6.07, 6.45) is 8.96. The summed E-state index contributed by atoms with van der Waals surface area (Å²) in [5.41, 5.74) is 1.88. The van der Waals surface area contributed by atoms with Gasteiger partial charge in [0.1, 0.15) is 11.9 Å². The number of imidazole rings is 1. The van der Waals surface area contributed by atoms with Crippen LogP contribution < -0.4 is 9.46 Å². The number of hydrogen-bond donors (Lipinski definition) is 1. The monoisotopic (exact) mass is 774 g/mol. The standard InChI is InChI=1S/C43H55FN4O6S/c1-28-19-29(22-32(44)20-28)21-30-13-9-7-6-8-10-14-31-24-43(31,39(51)46-55(52,53)42(5)17-18-42)25-37(49)36-23-33(26-47(36)38(30)50)54-40-45-34-15-11-12-16-35(34)48(40)27-41(2,3)4/h10-12,14-16,19-20,22,30-31,33,36H,6-9,13,17-18,21,23-27H2,1-5H3,(H,46,51)/b14-10-/t30-,31+,33-,36+,43-/m1/s1. The van der Waals surface area contributed by atoms with Gasteiger partial charge in [-0.25, -0.2) is 12.8 Å². The number of ketones is 1. The van der Waals surface area contributed by atoms with Gasteiger partial charge in [-0.1, -0.05) is 64.0 Å². The number of rotatable bonds is 8. The fourth-order valence-electron chi connectivity index (χ4n) is 8.55. The van der Waals surface area contributed by atoms with Crippen LogP contribution in [0.2, 0.25) is 0 Å². The van der Waals surface area contributed by atoms with Crippen molar-refractivity contribution in [3.63, 3.8) is 0 Å². The van der Waals surface area contributed by atoms with Gasteiger partial charge in [0.15, 0.2) is 5.78 Å². The fourth-order valence-corrected chi connectivity index (χ4v) is 9.89. The Labute approximate surface area is 324 Å². The molecule has 0 unspecified atom stereocenters. The molecule has 4 aliphatic rings. The van der Waals surface area contributed by atoms with Crippen molar-refractivity contribution in [3.8, 4) is 6.01 Å². The topological polar surface area (TPSA) is 128 Å². The van der Waals surface area contributed by atoms with Crippen molar-refractivity contribution >= 4 is 38.7 Å². The number of para-hydroxylation sites is 2. The molecule has 55 heavy (non-hydrogen) atoms. The summed E-state index contributed by atoms with van der Waals surface area (Å²) in [6.45, 7) is 10.6. The lowest BCUT2D eigenvalue weighted by molar-refractivity contribution is -0.142. The summed E-state index contributed by atoms with van der Waals surface area (Å²) in [7, 11) is -3.93. The number of aryl methyl sites for hydroxylation is 1. The highest BCUT2D eigenvalue weighted by atomic mass is 32.2. The van der Waals surface area contributed by atoms with Gasteiger partial charge < -0.3 is 9.64 Å².